The van der Waals surface area contributed by atoms with E-state index in [1.165, 1.54) is 5.56 Å². The topological polar surface area (TPSA) is 57.6 Å². The zero-order chi connectivity index (χ0) is 12.5. The van der Waals surface area contributed by atoms with Gasteiger partial charge in [0.1, 0.15) is 5.82 Å². The van der Waals surface area contributed by atoms with Gasteiger partial charge in [0.15, 0.2) is 0 Å². The maximum Gasteiger partial charge on any atom is 0.125 e. The summed E-state index contributed by atoms with van der Waals surface area (Å²) in [6, 6.07) is 4.02. The summed E-state index contributed by atoms with van der Waals surface area (Å²) in [7, 11) is 3.89. The molecule has 17 heavy (non-hydrogen) atoms. The lowest BCUT2D eigenvalue weighted by Crippen LogP contribution is -2.23. The van der Waals surface area contributed by atoms with Gasteiger partial charge in [0.05, 0.1) is 19.8 Å². The summed E-state index contributed by atoms with van der Waals surface area (Å²) in [5.41, 5.74) is 1.17. The molecular weight excluding hydrogens is 218 g/mol. The van der Waals surface area contributed by atoms with E-state index in [0.717, 1.165) is 18.9 Å². The summed E-state index contributed by atoms with van der Waals surface area (Å²) < 4.78 is 5.21. The Hall–Kier alpha value is -1.17. The number of anilines is 1. The first-order valence-electron chi connectivity index (χ1n) is 5.76. The van der Waals surface area contributed by atoms with Crippen LogP contribution in [0.3, 0.4) is 0 Å². The van der Waals surface area contributed by atoms with Gasteiger partial charge in [0, 0.05) is 26.3 Å². The molecule has 0 saturated carbocycles. The lowest BCUT2D eigenvalue weighted by atomic mass is 10.2. The van der Waals surface area contributed by atoms with Gasteiger partial charge >= 0.3 is 0 Å². The summed E-state index contributed by atoms with van der Waals surface area (Å²) in [5.74, 6) is 0.877. The number of likely N-dealkylation sites (N-methyl/N-ethyl adjacent to an activating group) is 1. The molecule has 0 radical (unpaired) electrons. The van der Waals surface area contributed by atoms with Crippen molar-refractivity contribution >= 4 is 5.82 Å². The van der Waals surface area contributed by atoms with E-state index in [9.17, 15) is 0 Å². The van der Waals surface area contributed by atoms with E-state index < -0.39 is 0 Å². The van der Waals surface area contributed by atoms with Gasteiger partial charge in [-0.1, -0.05) is 6.07 Å². The highest BCUT2D eigenvalue weighted by atomic mass is 16.5. The van der Waals surface area contributed by atoms with Crippen molar-refractivity contribution in [3.63, 3.8) is 0 Å². The van der Waals surface area contributed by atoms with Crippen LogP contribution in [0.15, 0.2) is 18.3 Å². The van der Waals surface area contributed by atoms with Crippen molar-refractivity contribution in [2.24, 2.45) is 0 Å². The molecule has 1 heterocycles. The van der Waals surface area contributed by atoms with Crippen LogP contribution in [-0.2, 0) is 11.3 Å². The minimum atomic E-state index is 0.0825. The number of aliphatic hydroxyl groups is 1. The lowest BCUT2D eigenvalue weighted by molar-refractivity contribution is 0.0773. The second-order valence-electron chi connectivity index (χ2n) is 3.88. The number of hydrogen-bond donors (Lipinski definition) is 2. The molecule has 1 aromatic rings. The Morgan fingerprint density at radius 1 is 1.41 bits per heavy atom. The monoisotopic (exact) mass is 239 g/mol. The number of aliphatic hydroxyl groups excluding tert-OH is 1. The molecule has 0 aliphatic carbocycles. The maximum atomic E-state index is 8.56. The molecule has 0 amide bonds. The molecule has 1 rings (SSSR count). The largest absolute Gasteiger partial charge is 0.394 e. The van der Waals surface area contributed by atoms with Crippen LogP contribution >= 0.6 is 0 Å². The standard InChI is InChI=1S/C12H21N3O2/c1-13-12-4-3-11(9-14-12)10-15(2)5-7-17-8-6-16/h3-4,9,16H,5-8,10H2,1-2H3,(H,13,14). The second-order valence-corrected chi connectivity index (χ2v) is 3.88. The van der Waals surface area contributed by atoms with Gasteiger partial charge in [0.25, 0.3) is 0 Å². The zero-order valence-electron chi connectivity index (χ0n) is 10.5. The summed E-state index contributed by atoms with van der Waals surface area (Å²) in [4.78, 5) is 6.42. The van der Waals surface area contributed by atoms with E-state index in [0.29, 0.717) is 13.2 Å². The molecule has 0 saturated heterocycles. The summed E-state index contributed by atoms with van der Waals surface area (Å²) >= 11 is 0. The van der Waals surface area contributed by atoms with E-state index in [-0.39, 0.29) is 6.61 Å². The van der Waals surface area contributed by atoms with Crippen LogP contribution in [0.2, 0.25) is 0 Å². The van der Waals surface area contributed by atoms with Crippen molar-refractivity contribution in [2.75, 3.05) is 45.8 Å². The number of nitrogens with one attached hydrogen (secondary N) is 1. The first kappa shape index (κ1) is 13.9. The quantitative estimate of drug-likeness (QED) is 0.649. The molecule has 5 heteroatoms. The Kier molecular flexibility index (Phi) is 6.54. The summed E-state index contributed by atoms with van der Waals surface area (Å²) in [6.07, 6.45) is 1.87. The molecule has 5 nitrogen and oxygen atoms in total. The van der Waals surface area contributed by atoms with Crippen LogP contribution in [0.5, 0.6) is 0 Å². The van der Waals surface area contributed by atoms with E-state index in [1.54, 1.807) is 0 Å². The molecule has 0 bridgehead atoms. The summed E-state index contributed by atoms with van der Waals surface area (Å²) in [6.45, 7) is 2.82. The van der Waals surface area contributed by atoms with Gasteiger partial charge in [-0.2, -0.15) is 0 Å². The van der Waals surface area contributed by atoms with Gasteiger partial charge in [-0.25, -0.2) is 4.98 Å². The molecule has 2 N–H and O–H groups in total. The van der Waals surface area contributed by atoms with Crippen LogP contribution in [0.4, 0.5) is 5.82 Å². The van der Waals surface area contributed by atoms with Crippen molar-refractivity contribution in [3.05, 3.63) is 23.9 Å². The molecule has 0 fully saturated rings. The average molecular weight is 239 g/mol. The molecule has 0 unspecified atom stereocenters. The first-order valence-corrected chi connectivity index (χ1v) is 5.76. The fourth-order valence-electron chi connectivity index (χ4n) is 1.44. The SMILES string of the molecule is CNc1ccc(CN(C)CCOCCO)cn1. The van der Waals surface area contributed by atoms with Crippen molar-refractivity contribution in [1.29, 1.82) is 0 Å². The molecule has 1 aromatic heterocycles. The second kappa shape index (κ2) is 8.00. The predicted molar refractivity (Wildman–Crippen MR) is 68.0 cm³/mol. The van der Waals surface area contributed by atoms with E-state index in [4.69, 9.17) is 9.84 Å². The Morgan fingerprint density at radius 3 is 2.82 bits per heavy atom. The maximum absolute atomic E-state index is 8.56. The normalized spacial score (nSPS) is 10.8. The number of pyridine rings is 1. The highest BCUT2D eigenvalue weighted by molar-refractivity contribution is 5.34. The third-order valence-electron chi connectivity index (χ3n) is 2.39. The number of nitrogens with zero attached hydrogens (tertiary/aromatic N) is 2. The van der Waals surface area contributed by atoms with Crippen LogP contribution in [0, 0.1) is 0 Å². The van der Waals surface area contributed by atoms with Crippen molar-refractivity contribution in [3.8, 4) is 0 Å². The van der Waals surface area contributed by atoms with Crippen molar-refractivity contribution in [1.82, 2.24) is 9.88 Å². The van der Waals surface area contributed by atoms with Gasteiger partial charge in [-0.05, 0) is 18.7 Å². The van der Waals surface area contributed by atoms with E-state index >= 15 is 0 Å². The van der Waals surface area contributed by atoms with Crippen molar-refractivity contribution in [2.45, 2.75) is 6.54 Å². The number of hydrogen-bond acceptors (Lipinski definition) is 5. The van der Waals surface area contributed by atoms with Gasteiger partial charge < -0.3 is 15.2 Å². The fourth-order valence-corrected chi connectivity index (χ4v) is 1.44. The van der Waals surface area contributed by atoms with Crippen LogP contribution in [-0.4, -0.2) is 55.5 Å². The average Bonchev–Trinajstić information content (AvgIpc) is 2.36. The van der Waals surface area contributed by atoms with Gasteiger partial charge in [-0.3, -0.25) is 4.90 Å². The molecule has 0 aromatic carbocycles. The smallest absolute Gasteiger partial charge is 0.125 e. The molecule has 0 spiro atoms. The van der Waals surface area contributed by atoms with Crippen LogP contribution in [0.25, 0.3) is 0 Å². The van der Waals surface area contributed by atoms with Crippen LogP contribution < -0.4 is 5.32 Å². The molecule has 0 atom stereocenters. The Morgan fingerprint density at radius 2 is 2.24 bits per heavy atom. The molecule has 0 aliphatic heterocycles. The van der Waals surface area contributed by atoms with Gasteiger partial charge in [-0.15, -0.1) is 0 Å². The third-order valence-corrected chi connectivity index (χ3v) is 2.39. The first-order chi connectivity index (χ1) is 8.26. The van der Waals surface area contributed by atoms with Gasteiger partial charge in [0.2, 0.25) is 0 Å². The minimum Gasteiger partial charge on any atom is -0.394 e. The molecule has 96 valence electrons. The molecule has 0 aliphatic rings. The Bertz CT molecular complexity index is 303. The van der Waals surface area contributed by atoms with Crippen LogP contribution in [0.1, 0.15) is 5.56 Å². The number of ether oxygens (including phenoxy) is 1. The van der Waals surface area contributed by atoms with E-state index in [2.05, 4.69) is 21.3 Å². The summed E-state index contributed by atoms with van der Waals surface area (Å²) in [5, 5.41) is 11.6. The lowest BCUT2D eigenvalue weighted by Gasteiger charge is -2.16. The Labute approximate surface area is 102 Å². The minimum absolute atomic E-state index is 0.0825. The third kappa shape index (κ3) is 5.63. The number of aromatic nitrogens is 1. The highest BCUT2D eigenvalue weighted by Gasteiger charge is 2.01. The molecular formula is C12H21N3O2. The highest BCUT2D eigenvalue weighted by Crippen LogP contribution is 2.06. The number of rotatable bonds is 8. The zero-order valence-corrected chi connectivity index (χ0v) is 10.5. The van der Waals surface area contributed by atoms with Crippen molar-refractivity contribution < 1.29 is 9.84 Å². The van der Waals surface area contributed by atoms with E-state index in [1.807, 2.05) is 26.4 Å². The predicted octanol–water partition coefficient (Wildman–Crippen LogP) is 0.564. The fraction of sp³-hybridized carbons (Fsp3) is 0.583. The Balaban J connectivity index is 2.26.